The van der Waals surface area contributed by atoms with Crippen molar-refractivity contribution in [2.45, 2.75) is 64.3 Å². The van der Waals surface area contributed by atoms with Gasteiger partial charge in [0.2, 0.25) is 17.8 Å². The minimum atomic E-state index is -0.648. The van der Waals surface area contributed by atoms with Crippen LogP contribution in [0.1, 0.15) is 62.5 Å². The molecule has 2 amide bonds. The van der Waals surface area contributed by atoms with Gasteiger partial charge in [-0.2, -0.15) is 5.26 Å². The number of aromatic hydroxyl groups is 1. The predicted octanol–water partition coefficient (Wildman–Crippen LogP) is 5.02. The van der Waals surface area contributed by atoms with Crippen molar-refractivity contribution in [2.24, 2.45) is 0 Å². The van der Waals surface area contributed by atoms with Crippen molar-refractivity contribution in [3.8, 4) is 34.2 Å². The van der Waals surface area contributed by atoms with Gasteiger partial charge in [-0.3, -0.25) is 19.2 Å². The minimum absolute atomic E-state index is 0.00695. The fourth-order valence-corrected chi connectivity index (χ4v) is 5.69. The number of aromatic nitrogens is 3. The van der Waals surface area contributed by atoms with Crippen molar-refractivity contribution < 1.29 is 24.3 Å². The summed E-state index contributed by atoms with van der Waals surface area (Å²) in [6.07, 6.45) is 8.67. The number of hydroxylamine groups is 1. The van der Waals surface area contributed by atoms with E-state index in [9.17, 15) is 24.3 Å². The van der Waals surface area contributed by atoms with Crippen LogP contribution in [0.2, 0.25) is 0 Å². The number of phenols is 1. The molecule has 12 heteroatoms. The maximum Gasteiger partial charge on any atom is 0.243 e. The van der Waals surface area contributed by atoms with E-state index in [0.29, 0.717) is 78.3 Å². The van der Waals surface area contributed by atoms with Gasteiger partial charge in [0.25, 0.3) is 0 Å². The first-order chi connectivity index (χ1) is 21.8. The van der Waals surface area contributed by atoms with Crippen LogP contribution < -0.4 is 15.7 Å². The number of hydrogen-bond acceptors (Lipinski definition) is 8. The lowest BCUT2D eigenvalue weighted by Gasteiger charge is -2.34. The number of hydrogen-bond donors (Lipinski definition) is 4. The summed E-state index contributed by atoms with van der Waals surface area (Å²) < 4.78 is 16.7. The lowest BCUT2D eigenvalue weighted by Crippen LogP contribution is -2.45. The number of rotatable bonds is 11. The number of nitrogens with one attached hydrogen (secondary N) is 2. The van der Waals surface area contributed by atoms with Gasteiger partial charge in [0.15, 0.2) is 0 Å². The Morgan fingerprint density at radius 1 is 1.04 bits per heavy atom. The van der Waals surface area contributed by atoms with Gasteiger partial charge in [0, 0.05) is 49.9 Å². The molecular weight excluding hydrogens is 577 g/mol. The van der Waals surface area contributed by atoms with Crippen molar-refractivity contribution in [3.63, 3.8) is 0 Å². The maximum absolute atomic E-state index is 14.8. The first-order valence-electron chi connectivity index (χ1n) is 15.1. The molecule has 0 bridgehead atoms. The summed E-state index contributed by atoms with van der Waals surface area (Å²) >= 11 is 0. The van der Waals surface area contributed by atoms with Crippen LogP contribution in [0.25, 0.3) is 28.0 Å². The summed E-state index contributed by atoms with van der Waals surface area (Å²) in [5, 5.41) is 31.5. The van der Waals surface area contributed by atoms with Crippen LogP contribution in [0.4, 0.5) is 10.3 Å². The molecule has 2 aromatic carbocycles. The zero-order valence-electron chi connectivity index (χ0n) is 25.1. The number of imidazole rings is 1. The summed E-state index contributed by atoms with van der Waals surface area (Å²) in [5.41, 5.74) is 5.12. The van der Waals surface area contributed by atoms with Crippen LogP contribution in [-0.4, -0.2) is 55.6 Å². The average Bonchev–Trinajstić information content (AvgIpc) is 3.53. The van der Waals surface area contributed by atoms with Crippen LogP contribution in [0, 0.1) is 24.1 Å². The van der Waals surface area contributed by atoms with Crippen LogP contribution in [0.15, 0.2) is 48.8 Å². The van der Waals surface area contributed by atoms with E-state index in [4.69, 9.17) is 10.2 Å². The van der Waals surface area contributed by atoms with Crippen LogP contribution in [-0.2, 0) is 9.59 Å². The van der Waals surface area contributed by atoms with Crippen LogP contribution in [0.5, 0.6) is 5.75 Å². The van der Waals surface area contributed by atoms with Gasteiger partial charge in [0.1, 0.15) is 23.3 Å². The summed E-state index contributed by atoms with van der Waals surface area (Å²) in [4.78, 5) is 35.5. The van der Waals surface area contributed by atoms with E-state index in [1.165, 1.54) is 12.1 Å². The highest BCUT2D eigenvalue weighted by Gasteiger charge is 2.26. The van der Waals surface area contributed by atoms with Crippen molar-refractivity contribution in [1.29, 1.82) is 5.26 Å². The molecule has 1 aliphatic rings. The van der Waals surface area contributed by atoms with E-state index in [2.05, 4.69) is 15.2 Å². The Morgan fingerprint density at radius 2 is 1.76 bits per heavy atom. The number of piperidine rings is 1. The molecule has 4 aromatic rings. The first-order valence-corrected chi connectivity index (χ1v) is 15.1. The van der Waals surface area contributed by atoms with Gasteiger partial charge in [-0.25, -0.2) is 19.8 Å². The summed E-state index contributed by atoms with van der Waals surface area (Å²) in [6.45, 7) is 3.06. The number of benzene rings is 2. The predicted molar refractivity (Wildman–Crippen MR) is 166 cm³/mol. The second-order valence-electron chi connectivity index (χ2n) is 11.3. The summed E-state index contributed by atoms with van der Waals surface area (Å²) in [7, 11) is 0. The average molecular weight is 614 g/mol. The largest absolute Gasteiger partial charge is 0.508 e. The number of nitriles is 1. The molecule has 5 rings (SSSR count). The highest BCUT2D eigenvalue weighted by atomic mass is 19.1. The van der Waals surface area contributed by atoms with Gasteiger partial charge in [-0.15, -0.1) is 0 Å². The van der Waals surface area contributed by atoms with Gasteiger partial charge in [-0.1, -0.05) is 31.0 Å². The smallest absolute Gasteiger partial charge is 0.243 e. The fraction of sp³-hybridized carbons (Fsp3) is 0.364. The molecule has 4 N–H and O–H groups in total. The first kappa shape index (κ1) is 31.4. The van der Waals surface area contributed by atoms with E-state index >= 15 is 0 Å². The number of nitrogens with zero attached hydrogens (tertiary/aromatic N) is 5. The Hall–Kier alpha value is -5.02. The van der Waals surface area contributed by atoms with E-state index in [0.717, 1.165) is 19.3 Å². The zero-order valence-corrected chi connectivity index (χ0v) is 25.1. The van der Waals surface area contributed by atoms with E-state index in [1.807, 2.05) is 22.7 Å². The highest BCUT2D eigenvalue weighted by molar-refractivity contribution is 5.91. The van der Waals surface area contributed by atoms with Crippen molar-refractivity contribution in [2.75, 3.05) is 18.0 Å². The molecule has 2 aromatic heterocycles. The number of carbonyl (C=O) groups is 2. The topological polar surface area (TPSA) is 156 Å². The normalized spacial score (nSPS) is 13.5. The second kappa shape index (κ2) is 14.2. The minimum Gasteiger partial charge on any atom is -0.508 e. The van der Waals surface area contributed by atoms with E-state index in [-0.39, 0.29) is 29.7 Å². The number of carbonyl (C=O) groups excluding carboxylic acids is 2. The molecule has 1 aliphatic heterocycles. The molecule has 0 radical (unpaired) electrons. The number of halogens is 1. The zero-order chi connectivity index (χ0) is 31.9. The number of anilines is 1. The SMILES string of the molecule is Cc1ccc(-c2c(-c3ccc(C#N)c(F)c3)nc(N3CCC(NC(=O)CCCCCCC(=O)NO)CC3)n3ccnc23)cc1O. The number of aryl methyl sites for hydroxylation is 1. The number of amides is 2. The standard InChI is InChI=1S/C33H36FN7O4/c1-21-8-9-22(19-27(21)42)30-31(23-10-11-24(20-35)26(34)18-23)38-33(41-17-14-36-32(30)41)40-15-12-25(13-16-40)37-28(43)6-4-2-3-5-7-29(44)39-45/h8-11,14,17-19,25,42,45H,2-7,12-13,15-16H2,1H3,(H,37,43)(H,39,44). The van der Waals surface area contributed by atoms with Crippen LogP contribution >= 0.6 is 0 Å². The Balaban J connectivity index is 1.34. The third-order valence-electron chi connectivity index (χ3n) is 8.21. The van der Waals surface area contributed by atoms with Gasteiger partial charge < -0.3 is 15.3 Å². The Kier molecular flexibility index (Phi) is 9.89. The Labute approximate surface area is 260 Å². The monoisotopic (exact) mass is 613 g/mol. The lowest BCUT2D eigenvalue weighted by molar-refractivity contribution is -0.129. The number of unbranched alkanes of at least 4 members (excludes halogenated alkanes) is 3. The molecule has 3 heterocycles. The quantitative estimate of drug-likeness (QED) is 0.104. The lowest BCUT2D eigenvalue weighted by atomic mass is 9.98. The Bertz CT molecular complexity index is 1740. The molecular formula is C33H36FN7O4. The number of phenolic OH excluding ortho intramolecular Hbond substituents is 1. The molecule has 45 heavy (non-hydrogen) atoms. The second-order valence-corrected chi connectivity index (χ2v) is 11.3. The van der Waals surface area contributed by atoms with E-state index in [1.54, 1.807) is 36.8 Å². The molecule has 0 saturated carbocycles. The molecule has 11 nitrogen and oxygen atoms in total. The fourth-order valence-electron chi connectivity index (χ4n) is 5.69. The third-order valence-corrected chi connectivity index (χ3v) is 8.21. The number of fused-ring (bicyclic) bond motifs is 1. The molecule has 0 unspecified atom stereocenters. The van der Waals surface area contributed by atoms with Crippen molar-refractivity contribution in [3.05, 3.63) is 65.7 Å². The van der Waals surface area contributed by atoms with E-state index < -0.39 is 11.7 Å². The van der Waals surface area contributed by atoms with Crippen LogP contribution in [0.3, 0.4) is 0 Å². The maximum atomic E-state index is 14.8. The molecule has 0 atom stereocenters. The van der Waals surface area contributed by atoms with Gasteiger partial charge >= 0.3 is 0 Å². The Morgan fingerprint density at radius 3 is 2.42 bits per heavy atom. The molecule has 0 aliphatic carbocycles. The van der Waals surface area contributed by atoms with Crippen molar-refractivity contribution >= 4 is 23.4 Å². The van der Waals surface area contributed by atoms with Gasteiger partial charge in [-0.05, 0) is 61.9 Å². The summed E-state index contributed by atoms with van der Waals surface area (Å²) in [5.74, 6) is -0.293. The van der Waals surface area contributed by atoms with Gasteiger partial charge in [0.05, 0.1) is 16.8 Å². The highest BCUT2D eigenvalue weighted by Crippen LogP contribution is 2.38. The molecule has 234 valence electrons. The molecule has 1 saturated heterocycles. The molecule has 1 fully saturated rings. The summed E-state index contributed by atoms with van der Waals surface area (Å²) in [6, 6.07) is 11.6. The third kappa shape index (κ3) is 7.21. The van der Waals surface area contributed by atoms with Crippen molar-refractivity contribution in [1.82, 2.24) is 25.2 Å². The molecule has 0 spiro atoms.